The summed E-state index contributed by atoms with van der Waals surface area (Å²) in [5.41, 5.74) is 0. The maximum Gasteiger partial charge on any atom is 0.193 e. The number of nitrogens with one attached hydrogen (secondary N) is 1. The third-order valence-corrected chi connectivity index (χ3v) is 4.98. The fraction of sp³-hybridized carbons (Fsp3) is 0.550. The molecule has 0 bridgehead atoms. The van der Waals surface area contributed by atoms with E-state index in [1.165, 1.54) is 6.42 Å². The highest BCUT2D eigenvalue weighted by atomic mass is 16.5. The van der Waals surface area contributed by atoms with E-state index in [0.717, 1.165) is 43.6 Å². The molecule has 26 heavy (non-hydrogen) atoms. The van der Waals surface area contributed by atoms with E-state index in [0.29, 0.717) is 12.6 Å². The topological polar surface area (TPSA) is 49.3 Å². The molecule has 0 aromatic heterocycles. The minimum absolute atomic E-state index is 0.0429. The van der Waals surface area contributed by atoms with Crippen molar-refractivity contribution in [2.75, 3.05) is 46.9 Å². The lowest BCUT2D eigenvalue weighted by Gasteiger charge is -2.26. The van der Waals surface area contributed by atoms with E-state index in [-0.39, 0.29) is 6.10 Å². The molecule has 2 unspecified atom stereocenters. The summed E-state index contributed by atoms with van der Waals surface area (Å²) in [6, 6.07) is 8.30. The Hall–Kier alpha value is -2.21. The Bertz CT molecular complexity index is 621. The summed E-state index contributed by atoms with van der Waals surface area (Å²) in [5.74, 6) is 2.64. The summed E-state index contributed by atoms with van der Waals surface area (Å²) in [6.45, 7) is 7.02. The highest BCUT2D eigenvalue weighted by Crippen LogP contribution is 2.19. The van der Waals surface area contributed by atoms with Gasteiger partial charge in [-0.1, -0.05) is 12.2 Å². The number of hydrogen-bond acceptors (Lipinski definition) is 4. The van der Waals surface area contributed by atoms with Crippen LogP contribution in [0.3, 0.4) is 0 Å². The van der Waals surface area contributed by atoms with Gasteiger partial charge in [0.15, 0.2) is 5.96 Å². The Morgan fingerprint density at radius 2 is 1.92 bits per heavy atom. The van der Waals surface area contributed by atoms with Gasteiger partial charge in [-0.2, -0.15) is 0 Å². The van der Waals surface area contributed by atoms with Crippen LogP contribution in [-0.2, 0) is 0 Å². The number of rotatable bonds is 6. The van der Waals surface area contributed by atoms with Gasteiger partial charge in [0.2, 0.25) is 0 Å². The van der Waals surface area contributed by atoms with Gasteiger partial charge in [-0.25, -0.2) is 0 Å². The molecule has 6 nitrogen and oxygen atoms in total. The average Bonchev–Trinajstić information content (AvgIpc) is 3.34. The molecule has 2 atom stereocenters. The zero-order chi connectivity index (χ0) is 18.4. The number of aliphatic imine (C=N–C) groups is 1. The lowest BCUT2D eigenvalue weighted by Crippen LogP contribution is -2.45. The summed E-state index contributed by atoms with van der Waals surface area (Å²) in [7, 11) is 3.51. The third-order valence-electron chi connectivity index (χ3n) is 4.98. The molecule has 3 rings (SSSR count). The van der Waals surface area contributed by atoms with Crippen LogP contribution in [0.4, 0.5) is 0 Å². The molecule has 1 N–H and O–H groups in total. The van der Waals surface area contributed by atoms with Gasteiger partial charge in [-0.3, -0.25) is 9.89 Å². The Morgan fingerprint density at radius 1 is 1.23 bits per heavy atom. The van der Waals surface area contributed by atoms with Gasteiger partial charge in [0.1, 0.15) is 17.6 Å². The normalized spacial score (nSPS) is 21.9. The molecule has 0 aliphatic carbocycles. The second-order valence-electron chi connectivity index (χ2n) is 6.85. The van der Waals surface area contributed by atoms with Crippen molar-refractivity contribution >= 4 is 5.96 Å². The first kappa shape index (κ1) is 18.6. The fourth-order valence-electron chi connectivity index (χ4n) is 3.52. The van der Waals surface area contributed by atoms with E-state index in [2.05, 4.69) is 39.2 Å². The van der Waals surface area contributed by atoms with E-state index < -0.39 is 0 Å². The van der Waals surface area contributed by atoms with E-state index in [1.54, 1.807) is 7.11 Å². The van der Waals surface area contributed by atoms with Gasteiger partial charge in [-0.15, -0.1) is 0 Å². The molecule has 2 aliphatic rings. The Kier molecular flexibility index (Phi) is 6.39. The molecular weight excluding hydrogens is 328 g/mol. The van der Waals surface area contributed by atoms with E-state index in [1.807, 2.05) is 31.3 Å². The molecule has 1 fully saturated rings. The first-order valence-electron chi connectivity index (χ1n) is 9.35. The fourth-order valence-corrected chi connectivity index (χ4v) is 3.52. The molecule has 142 valence electrons. The summed E-state index contributed by atoms with van der Waals surface area (Å²) < 4.78 is 11.1. The van der Waals surface area contributed by atoms with Crippen molar-refractivity contribution in [1.82, 2.24) is 15.1 Å². The summed E-state index contributed by atoms with van der Waals surface area (Å²) in [6.07, 6.45) is 5.75. The molecule has 1 saturated heterocycles. The van der Waals surface area contributed by atoms with Crippen molar-refractivity contribution in [3.8, 4) is 11.5 Å². The smallest absolute Gasteiger partial charge is 0.193 e. The van der Waals surface area contributed by atoms with Crippen LogP contribution in [0.25, 0.3) is 0 Å². The second-order valence-corrected chi connectivity index (χ2v) is 6.85. The van der Waals surface area contributed by atoms with Crippen LogP contribution in [0.5, 0.6) is 11.5 Å². The van der Waals surface area contributed by atoms with Crippen molar-refractivity contribution in [3.63, 3.8) is 0 Å². The highest BCUT2D eigenvalue weighted by Gasteiger charge is 2.29. The van der Waals surface area contributed by atoms with Crippen molar-refractivity contribution in [1.29, 1.82) is 0 Å². The maximum atomic E-state index is 5.97. The van der Waals surface area contributed by atoms with Crippen molar-refractivity contribution in [2.45, 2.75) is 25.5 Å². The van der Waals surface area contributed by atoms with E-state index in [4.69, 9.17) is 9.47 Å². The SMILES string of the molecule is CN=C(NCC(C)Oc1ccc(OC)cc1)N1CCC(N2CC=CC2)C1. The van der Waals surface area contributed by atoms with Gasteiger partial charge >= 0.3 is 0 Å². The van der Waals surface area contributed by atoms with Crippen molar-refractivity contribution in [2.24, 2.45) is 4.99 Å². The largest absolute Gasteiger partial charge is 0.497 e. The standard InChI is InChI=1S/C20H30N4O2/c1-16(26-19-8-6-18(25-3)7-9-19)14-22-20(21-2)24-13-10-17(15-24)23-11-4-5-12-23/h4-9,16-17H,10-15H2,1-3H3,(H,21,22). The second kappa shape index (κ2) is 8.94. The molecule has 0 saturated carbocycles. The van der Waals surface area contributed by atoms with E-state index in [9.17, 15) is 0 Å². The summed E-state index contributed by atoms with van der Waals surface area (Å²) in [5, 5.41) is 3.46. The number of hydrogen-bond donors (Lipinski definition) is 1. The molecule has 1 aromatic rings. The van der Waals surface area contributed by atoms with Crippen molar-refractivity contribution in [3.05, 3.63) is 36.4 Å². The van der Waals surface area contributed by atoms with Crippen LogP contribution >= 0.6 is 0 Å². The first-order valence-corrected chi connectivity index (χ1v) is 9.35. The Labute approximate surface area is 156 Å². The minimum Gasteiger partial charge on any atom is -0.497 e. The van der Waals surface area contributed by atoms with Crippen LogP contribution in [0, 0.1) is 0 Å². The monoisotopic (exact) mass is 358 g/mol. The highest BCUT2D eigenvalue weighted by molar-refractivity contribution is 5.80. The number of ether oxygens (including phenoxy) is 2. The number of nitrogens with zero attached hydrogens (tertiary/aromatic N) is 3. The molecule has 2 aliphatic heterocycles. The molecule has 6 heteroatoms. The van der Waals surface area contributed by atoms with Gasteiger partial charge in [0, 0.05) is 39.3 Å². The average molecular weight is 358 g/mol. The predicted octanol–water partition coefficient (Wildman–Crippen LogP) is 1.98. The quantitative estimate of drug-likeness (QED) is 0.479. The van der Waals surface area contributed by atoms with Crippen LogP contribution in [0.2, 0.25) is 0 Å². The maximum absolute atomic E-state index is 5.97. The van der Waals surface area contributed by atoms with Gasteiger partial charge in [-0.05, 0) is 37.6 Å². The minimum atomic E-state index is 0.0429. The summed E-state index contributed by atoms with van der Waals surface area (Å²) in [4.78, 5) is 9.34. The summed E-state index contributed by atoms with van der Waals surface area (Å²) >= 11 is 0. The third kappa shape index (κ3) is 4.69. The van der Waals surface area contributed by atoms with Crippen LogP contribution in [0.1, 0.15) is 13.3 Å². The Morgan fingerprint density at radius 3 is 2.58 bits per heavy atom. The number of benzene rings is 1. The van der Waals surface area contributed by atoms with Gasteiger partial charge in [0.05, 0.1) is 13.7 Å². The number of likely N-dealkylation sites (tertiary alicyclic amines) is 1. The molecule has 2 heterocycles. The number of methoxy groups -OCH3 is 1. The lowest BCUT2D eigenvalue weighted by atomic mass is 10.2. The van der Waals surface area contributed by atoms with Crippen LogP contribution in [-0.4, -0.2) is 74.8 Å². The van der Waals surface area contributed by atoms with Crippen molar-refractivity contribution < 1.29 is 9.47 Å². The Balaban J connectivity index is 1.44. The zero-order valence-electron chi connectivity index (χ0n) is 16.0. The zero-order valence-corrected chi connectivity index (χ0v) is 16.0. The lowest BCUT2D eigenvalue weighted by molar-refractivity contribution is 0.221. The molecule has 0 radical (unpaired) electrons. The predicted molar refractivity (Wildman–Crippen MR) is 105 cm³/mol. The molecule has 0 amide bonds. The molecular formula is C20H30N4O2. The van der Waals surface area contributed by atoms with Gasteiger partial charge < -0.3 is 19.7 Å². The van der Waals surface area contributed by atoms with Crippen LogP contribution in [0.15, 0.2) is 41.4 Å². The van der Waals surface area contributed by atoms with Crippen LogP contribution < -0.4 is 14.8 Å². The van der Waals surface area contributed by atoms with E-state index >= 15 is 0 Å². The molecule has 1 aromatic carbocycles. The number of guanidine groups is 1. The first-order chi connectivity index (χ1) is 12.7. The van der Waals surface area contributed by atoms with Gasteiger partial charge in [0.25, 0.3) is 0 Å². The molecule has 0 spiro atoms.